The second-order valence-corrected chi connectivity index (χ2v) is 7.62. The van der Waals surface area contributed by atoms with Crippen LogP contribution in [0.1, 0.15) is 5.56 Å². The van der Waals surface area contributed by atoms with Crippen LogP contribution in [0.15, 0.2) is 59.5 Å². The molecule has 0 saturated carbocycles. The van der Waals surface area contributed by atoms with Crippen LogP contribution in [-0.4, -0.2) is 64.0 Å². The van der Waals surface area contributed by atoms with Crippen LogP contribution < -0.4 is 4.74 Å². The topological polar surface area (TPSA) is 87.5 Å². The third-order valence-corrected chi connectivity index (χ3v) is 5.59. The minimum Gasteiger partial charge on any atom is -0.464 e. The predicted molar refractivity (Wildman–Crippen MR) is 116 cm³/mol. The molecular formula is C23H23N5O3. The summed E-state index contributed by atoms with van der Waals surface area (Å²) in [5.74, 6) is 1.19. The van der Waals surface area contributed by atoms with Gasteiger partial charge in [0.1, 0.15) is 17.6 Å². The lowest BCUT2D eigenvalue weighted by Crippen LogP contribution is -2.46. The molecule has 0 radical (unpaired) electrons. The lowest BCUT2D eigenvalue weighted by molar-refractivity contribution is -0.109. The number of nitrogens with zero attached hydrogens (tertiary/aromatic N) is 4. The Bertz CT molecular complexity index is 1150. The van der Waals surface area contributed by atoms with Crippen molar-refractivity contribution < 1.29 is 13.9 Å². The van der Waals surface area contributed by atoms with Crippen LogP contribution in [0, 0.1) is 0 Å². The minimum atomic E-state index is 0.516. The van der Waals surface area contributed by atoms with E-state index in [0.29, 0.717) is 18.2 Å². The number of nitrogens with one attached hydrogen (secondary N) is 1. The van der Waals surface area contributed by atoms with Crippen molar-refractivity contribution in [2.45, 2.75) is 6.54 Å². The number of hydrogen-bond donors (Lipinski definition) is 1. The van der Waals surface area contributed by atoms with E-state index in [1.807, 2.05) is 42.7 Å². The van der Waals surface area contributed by atoms with E-state index in [0.717, 1.165) is 66.8 Å². The molecule has 1 saturated heterocycles. The molecule has 0 unspecified atom stereocenters. The average molecular weight is 417 g/mol. The summed E-state index contributed by atoms with van der Waals surface area (Å²) >= 11 is 0. The molecule has 0 bridgehead atoms. The quantitative estimate of drug-likeness (QED) is 0.462. The Morgan fingerprint density at radius 2 is 1.97 bits per heavy atom. The first-order valence-electron chi connectivity index (χ1n) is 10.3. The van der Waals surface area contributed by atoms with Gasteiger partial charge in [-0.05, 0) is 24.3 Å². The summed E-state index contributed by atoms with van der Waals surface area (Å²) in [6, 6.07) is 11.5. The van der Waals surface area contributed by atoms with Gasteiger partial charge >= 0.3 is 0 Å². The van der Waals surface area contributed by atoms with E-state index in [2.05, 4.69) is 25.0 Å². The monoisotopic (exact) mass is 417 g/mol. The van der Waals surface area contributed by atoms with E-state index in [-0.39, 0.29) is 0 Å². The highest BCUT2D eigenvalue weighted by Gasteiger charge is 2.18. The third kappa shape index (κ3) is 4.35. The normalized spacial score (nSPS) is 15.4. The maximum Gasteiger partial charge on any atom is 0.219 e. The number of carbonyl (C=O) groups is 1. The Kier molecular flexibility index (Phi) is 5.47. The third-order valence-electron chi connectivity index (χ3n) is 5.59. The molecular weight excluding hydrogens is 394 g/mol. The summed E-state index contributed by atoms with van der Waals surface area (Å²) in [7, 11) is 0. The molecule has 3 aromatic heterocycles. The molecule has 0 amide bonds. The number of ether oxygens (including phenoxy) is 1. The number of piperazine rings is 1. The molecule has 4 heterocycles. The zero-order valence-electron chi connectivity index (χ0n) is 17.0. The first-order chi connectivity index (χ1) is 15.3. The maximum atomic E-state index is 10.7. The van der Waals surface area contributed by atoms with Crippen LogP contribution in [0.2, 0.25) is 0 Å². The van der Waals surface area contributed by atoms with Crippen LogP contribution in [-0.2, 0) is 11.3 Å². The molecule has 8 heteroatoms. The highest BCUT2D eigenvalue weighted by Crippen LogP contribution is 2.29. The van der Waals surface area contributed by atoms with Gasteiger partial charge < -0.3 is 13.9 Å². The number of aromatic amines is 1. The molecule has 1 aromatic carbocycles. The Balaban J connectivity index is 1.25. The van der Waals surface area contributed by atoms with Crippen molar-refractivity contribution in [1.82, 2.24) is 25.0 Å². The number of aldehydes is 1. The number of aromatic nitrogens is 3. The van der Waals surface area contributed by atoms with Crippen molar-refractivity contribution in [3.8, 4) is 22.9 Å². The molecule has 1 aliphatic rings. The van der Waals surface area contributed by atoms with Crippen molar-refractivity contribution >= 4 is 17.3 Å². The summed E-state index contributed by atoms with van der Waals surface area (Å²) in [6.07, 6.45) is 6.26. The highest BCUT2D eigenvalue weighted by molar-refractivity contribution is 5.82. The van der Waals surface area contributed by atoms with E-state index in [9.17, 15) is 4.79 Å². The molecule has 4 aromatic rings. The first-order valence-corrected chi connectivity index (χ1v) is 10.3. The molecule has 158 valence electrons. The van der Waals surface area contributed by atoms with Crippen molar-refractivity contribution in [3.63, 3.8) is 0 Å². The SMILES string of the molecule is O=CCN1CCN(Cc2coc3cc(Oc4ccc(-c5ccn[nH]5)cn4)ccc23)CC1. The van der Waals surface area contributed by atoms with Gasteiger partial charge in [-0.2, -0.15) is 5.10 Å². The number of rotatable bonds is 7. The van der Waals surface area contributed by atoms with Crippen LogP contribution in [0.4, 0.5) is 0 Å². The molecule has 0 aliphatic carbocycles. The molecule has 31 heavy (non-hydrogen) atoms. The number of furan rings is 1. The number of carbonyl (C=O) groups excluding carboxylic acids is 1. The van der Waals surface area contributed by atoms with Gasteiger partial charge in [-0.25, -0.2) is 4.98 Å². The van der Waals surface area contributed by atoms with Crippen molar-refractivity contribution in [1.29, 1.82) is 0 Å². The summed E-state index contributed by atoms with van der Waals surface area (Å²) < 4.78 is 11.7. The summed E-state index contributed by atoms with van der Waals surface area (Å²) in [6.45, 7) is 5.08. The van der Waals surface area contributed by atoms with Crippen LogP contribution in [0.5, 0.6) is 11.6 Å². The average Bonchev–Trinajstić information content (AvgIpc) is 3.46. The lowest BCUT2D eigenvalue weighted by atomic mass is 10.1. The molecule has 8 nitrogen and oxygen atoms in total. The fraction of sp³-hybridized carbons (Fsp3) is 0.261. The van der Waals surface area contributed by atoms with E-state index < -0.39 is 0 Å². The highest BCUT2D eigenvalue weighted by atomic mass is 16.5. The largest absolute Gasteiger partial charge is 0.464 e. The smallest absolute Gasteiger partial charge is 0.219 e. The van der Waals surface area contributed by atoms with Crippen molar-refractivity contribution in [2.75, 3.05) is 32.7 Å². The van der Waals surface area contributed by atoms with Gasteiger partial charge in [0.15, 0.2) is 0 Å². The van der Waals surface area contributed by atoms with Gasteiger partial charge in [-0.3, -0.25) is 14.9 Å². The second kappa shape index (κ2) is 8.71. The number of pyridine rings is 1. The van der Waals surface area contributed by atoms with Gasteiger partial charge in [0.2, 0.25) is 5.88 Å². The summed E-state index contributed by atoms with van der Waals surface area (Å²) in [5.41, 5.74) is 3.81. The van der Waals surface area contributed by atoms with Crippen LogP contribution in [0.25, 0.3) is 22.2 Å². The molecule has 1 N–H and O–H groups in total. The molecule has 1 fully saturated rings. The Morgan fingerprint density at radius 1 is 1.10 bits per heavy atom. The first kappa shape index (κ1) is 19.5. The fourth-order valence-corrected chi connectivity index (χ4v) is 3.86. The summed E-state index contributed by atoms with van der Waals surface area (Å²) in [5, 5.41) is 7.96. The Labute approximate surface area is 179 Å². The molecule has 0 spiro atoms. The van der Waals surface area contributed by atoms with E-state index in [1.165, 1.54) is 0 Å². The van der Waals surface area contributed by atoms with E-state index in [4.69, 9.17) is 9.15 Å². The zero-order valence-corrected chi connectivity index (χ0v) is 17.0. The van der Waals surface area contributed by atoms with E-state index >= 15 is 0 Å². The molecule has 0 atom stereocenters. The number of hydrogen-bond acceptors (Lipinski definition) is 7. The van der Waals surface area contributed by atoms with Gasteiger partial charge in [-0.15, -0.1) is 0 Å². The number of H-pyrrole nitrogens is 1. The van der Waals surface area contributed by atoms with Gasteiger partial charge in [-0.1, -0.05) is 0 Å². The van der Waals surface area contributed by atoms with Gasteiger partial charge in [0.25, 0.3) is 0 Å². The lowest BCUT2D eigenvalue weighted by Gasteiger charge is -2.33. The Hall–Kier alpha value is -3.49. The standard InChI is InChI=1S/C23H23N5O3/c29-12-11-27-7-9-28(10-8-27)15-18-16-30-22-13-19(2-3-20(18)22)31-23-4-1-17(14-24-23)21-5-6-25-26-21/h1-6,12-14,16H,7-11,15H2,(H,25,26). The summed E-state index contributed by atoms with van der Waals surface area (Å²) in [4.78, 5) is 19.6. The molecule has 5 rings (SSSR count). The minimum absolute atomic E-state index is 0.516. The number of fused-ring (bicyclic) bond motifs is 1. The van der Waals surface area contributed by atoms with E-state index in [1.54, 1.807) is 12.4 Å². The Morgan fingerprint density at radius 3 is 2.71 bits per heavy atom. The van der Waals surface area contributed by atoms with Gasteiger partial charge in [0, 0.05) is 73.8 Å². The molecule has 1 aliphatic heterocycles. The number of benzene rings is 1. The van der Waals surface area contributed by atoms with Crippen molar-refractivity contribution in [2.24, 2.45) is 0 Å². The fourth-order valence-electron chi connectivity index (χ4n) is 3.86. The zero-order chi connectivity index (χ0) is 21.0. The van der Waals surface area contributed by atoms with Crippen LogP contribution >= 0.6 is 0 Å². The van der Waals surface area contributed by atoms with Crippen molar-refractivity contribution in [3.05, 3.63) is 60.6 Å². The van der Waals surface area contributed by atoms with Crippen LogP contribution in [0.3, 0.4) is 0 Å². The maximum absolute atomic E-state index is 10.7. The second-order valence-electron chi connectivity index (χ2n) is 7.62. The predicted octanol–water partition coefficient (Wildman–Crippen LogP) is 3.33. The van der Waals surface area contributed by atoms with Gasteiger partial charge in [0.05, 0.1) is 18.5 Å².